The Morgan fingerprint density at radius 3 is 2.90 bits per heavy atom. The summed E-state index contributed by atoms with van der Waals surface area (Å²) in [4.78, 5) is 15.8. The Morgan fingerprint density at radius 2 is 2.10 bits per heavy atom. The van der Waals surface area contributed by atoms with Gasteiger partial charge in [0.15, 0.2) is 5.82 Å². The minimum atomic E-state index is -0.391. The van der Waals surface area contributed by atoms with E-state index in [0.29, 0.717) is 11.2 Å². The molecule has 100 valence electrons. The predicted molar refractivity (Wildman–Crippen MR) is 71.1 cm³/mol. The average molecular weight is 269 g/mol. The van der Waals surface area contributed by atoms with Crippen molar-refractivity contribution in [2.24, 2.45) is 0 Å². The zero-order valence-corrected chi connectivity index (χ0v) is 10.4. The van der Waals surface area contributed by atoms with Gasteiger partial charge in [-0.2, -0.15) is 4.98 Å². The molecule has 1 aromatic heterocycles. The summed E-state index contributed by atoms with van der Waals surface area (Å²) in [7, 11) is 0. The number of phenolic OH excluding ortho intramolecular Hbond substituents is 1. The number of carbonyl (C=O) groups is 1. The number of aromatic hydroxyl groups is 1. The van der Waals surface area contributed by atoms with Crippen molar-refractivity contribution < 1.29 is 14.4 Å². The van der Waals surface area contributed by atoms with Crippen LogP contribution in [-0.2, 0) is 6.54 Å². The van der Waals surface area contributed by atoms with Crippen molar-refractivity contribution in [1.29, 1.82) is 0 Å². The Balaban J connectivity index is 1.86. The maximum atomic E-state index is 12.0. The SMILES string of the molecule is O=C(NCc1ncon1)c1ccc2ccccc2c1O. The second kappa shape index (κ2) is 5.00. The Labute approximate surface area is 114 Å². The van der Waals surface area contributed by atoms with E-state index in [0.717, 1.165) is 5.39 Å². The quantitative estimate of drug-likeness (QED) is 0.757. The van der Waals surface area contributed by atoms with E-state index in [1.807, 2.05) is 18.2 Å². The molecule has 6 heteroatoms. The maximum absolute atomic E-state index is 12.0. The van der Waals surface area contributed by atoms with Crippen molar-refractivity contribution in [2.45, 2.75) is 6.54 Å². The smallest absolute Gasteiger partial charge is 0.255 e. The second-order valence-corrected chi connectivity index (χ2v) is 4.21. The molecule has 0 radical (unpaired) electrons. The Bertz CT molecular complexity index is 753. The molecule has 0 unspecified atom stereocenters. The predicted octanol–water partition coefficient (Wildman–Crippen LogP) is 1.86. The molecule has 0 spiro atoms. The number of fused-ring (bicyclic) bond motifs is 1. The number of benzene rings is 2. The summed E-state index contributed by atoms with van der Waals surface area (Å²) >= 11 is 0. The summed E-state index contributed by atoms with van der Waals surface area (Å²) in [5.74, 6) is -0.0506. The molecule has 0 saturated carbocycles. The first kappa shape index (κ1) is 12.2. The third-order valence-electron chi connectivity index (χ3n) is 2.96. The monoisotopic (exact) mass is 269 g/mol. The summed E-state index contributed by atoms with van der Waals surface area (Å²) in [5.41, 5.74) is 0.215. The van der Waals surface area contributed by atoms with E-state index in [-0.39, 0.29) is 17.9 Å². The van der Waals surface area contributed by atoms with Gasteiger partial charge in [0, 0.05) is 5.39 Å². The molecule has 0 aliphatic carbocycles. The van der Waals surface area contributed by atoms with Gasteiger partial charge in [0.25, 0.3) is 5.91 Å². The number of amides is 1. The number of rotatable bonds is 3. The molecule has 0 bridgehead atoms. The Kier molecular flexibility index (Phi) is 3.04. The zero-order chi connectivity index (χ0) is 13.9. The molecule has 20 heavy (non-hydrogen) atoms. The topological polar surface area (TPSA) is 88.3 Å². The highest BCUT2D eigenvalue weighted by molar-refractivity contribution is 6.03. The van der Waals surface area contributed by atoms with Gasteiger partial charge in [-0.3, -0.25) is 4.79 Å². The molecule has 2 aromatic carbocycles. The first-order chi connectivity index (χ1) is 9.75. The van der Waals surface area contributed by atoms with Gasteiger partial charge in [0.05, 0.1) is 12.1 Å². The average Bonchev–Trinajstić information content (AvgIpc) is 2.99. The van der Waals surface area contributed by atoms with Gasteiger partial charge in [0.2, 0.25) is 6.39 Å². The van der Waals surface area contributed by atoms with Crippen molar-refractivity contribution in [3.63, 3.8) is 0 Å². The highest BCUT2D eigenvalue weighted by Crippen LogP contribution is 2.28. The van der Waals surface area contributed by atoms with Crippen LogP contribution in [0.5, 0.6) is 5.75 Å². The summed E-state index contributed by atoms with van der Waals surface area (Å²) in [6.45, 7) is 0.140. The summed E-state index contributed by atoms with van der Waals surface area (Å²) in [5, 5.41) is 17.9. The van der Waals surface area contributed by atoms with Crippen LogP contribution in [-0.4, -0.2) is 21.2 Å². The van der Waals surface area contributed by atoms with E-state index < -0.39 is 5.91 Å². The lowest BCUT2D eigenvalue weighted by atomic mass is 10.0. The number of hydrogen-bond donors (Lipinski definition) is 2. The zero-order valence-electron chi connectivity index (χ0n) is 10.4. The van der Waals surface area contributed by atoms with E-state index in [1.54, 1.807) is 18.2 Å². The van der Waals surface area contributed by atoms with Crippen molar-refractivity contribution in [3.8, 4) is 5.75 Å². The molecule has 3 aromatic rings. The van der Waals surface area contributed by atoms with E-state index in [9.17, 15) is 9.90 Å². The normalized spacial score (nSPS) is 10.6. The fourth-order valence-electron chi connectivity index (χ4n) is 1.96. The molecule has 2 N–H and O–H groups in total. The molecule has 0 atom stereocenters. The Morgan fingerprint density at radius 1 is 1.25 bits per heavy atom. The lowest BCUT2D eigenvalue weighted by molar-refractivity contribution is 0.0947. The first-order valence-electron chi connectivity index (χ1n) is 6.00. The Hall–Kier alpha value is -2.89. The van der Waals surface area contributed by atoms with Crippen LogP contribution in [0.15, 0.2) is 47.3 Å². The number of aromatic nitrogens is 2. The number of carbonyl (C=O) groups excluding carboxylic acids is 1. The van der Waals surface area contributed by atoms with Crippen molar-refractivity contribution in [3.05, 3.63) is 54.2 Å². The fourth-order valence-corrected chi connectivity index (χ4v) is 1.96. The lowest BCUT2D eigenvalue weighted by Gasteiger charge is -2.07. The van der Waals surface area contributed by atoms with Crippen LogP contribution in [0.25, 0.3) is 10.8 Å². The fraction of sp³-hybridized carbons (Fsp3) is 0.0714. The van der Waals surface area contributed by atoms with Gasteiger partial charge in [-0.25, -0.2) is 0 Å². The summed E-state index contributed by atoms with van der Waals surface area (Å²) in [6, 6.07) is 10.7. The van der Waals surface area contributed by atoms with Gasteiger partial charge in [-0.15, -0.1) is 0 Å². The lowest BCUT2D eigenvalue weighted by Crippen LogP contribution is -2.23. The third kappa shape index (κ3) is 2.18. The molecule has 0 aliphatic rings. The minimum absolute atomic E-state index is 0.0336. The third-order valence-corrected chi connectivity index (χ3v) is 2.96. The second-order valence-electron chi connectivity index (χ2n) is 4.21. The van der Waals surface area contributed by atoms with Gasteiger partial charge in [0.1, 0.15) is 5.75 Å². The van der Waals surface area contributed by atoms with Crippen LogP contribution in [0.4, 0.5) is 0 Å². The molecular formula is C14H11N3O3. The van der Waals surface area contributed by atoms with Crippen molar-refractivity contribution in [1.82, 2.24) is 15.5 Å². The molecular weight excluding hydrogens is 258 g/mol. The molecule has 1 heterocycles. The standard InChI is InChI=1S/C14H11N3O3/c18-13-10-4-2-1-3-9(10)5-6-11(13)14(19)15-7-12-16-8-20-17-12/h1-6,8,18H,7H2,(H,15,19). The number of nitrogens with zero attached hydrogens (tertiary/aromatic N) is 2. The van der Waals surface area contributed by atoms with Gasteiger partial charge < -0.3 is 14.9 Å². The molecule has 1 amide bonds. The number of nitrogens with one attached hydrogen (secondary N) is 1. The van der Waals surface area contributed by atoms with Gasteiger partial charge in [-0.1, -0.05) is 35.5 Å². The summed E-state index contributed by atoms with van der Waals surface area (Å²) in [6.07, 6.45) is 1.19. The molecule has 6 nitrogen and oxygen atoms in total. The van der Waals surface area contributed by atoms with Crippen LogP contribution in [0.1, 0.15) is 16.2 Å². The van der Waals surface area contributed by atoms with Crippen LogP contribution in [0.2, 0.25) is 0 Å². The van der Waals surface area contributed by atoms with E-state index >= 15 is 0 Å². The highest BCUT2D eigenvalue weighted by Gasteiger charge is 2.13. The van der Waals surface area contributed by atoms with E-state index in [2.05, 4.69) is 20.0 Å². The molecule has 3 rings (SSSR count). The van der Waals surface area contributed by atoms with Gasteiger partial charge in [-0.05, 0) is 11.5 Å². The number of hydrogen-bond acceptors (Lipinski definition) is 5. The van der Waals surface area contributed by atoms with Crippen molar-refractivity contribution in [2.75, 3.05) is 0 Å². The van der Waals surface area contributed by atoms with E-state index in [1.165, 1.54) is 6.39 Å². The van der Waals surface area contributed by atoms with Crippen LogP contribution in [0, 0.1) is 0 Å². The highest BCUT2D eigenvalue weighted by atomic mass is 16.5. The van der Waals surface area contributed by atoms with Gasteiger partial charge >= 0.3 is 0 Å². The molecule has 0 saturated heterocycles. The van der Waals surface area contributed by atoms with Crippen LogP contribution >= 0.6 is 0 Å². The minimum Gasteiger partial charge on any atom is -0.506 e. The number of phenols is 1. The summed E-state index contributed by atoms with van der Waals surface area (Å²) < 4.78 is 4.57. The van der Waals surface area contributed by atoms with Crippen LogP contribution < -0.4 is 5.32 Å². The molecule has 0 fully saturated rings. The van der Waals surface area contributed by atoms with Crippen LogP contribution in [0.3, 0.4) is 0 Å². The molecule has 0 aliphatic heterocycles. The van der Waals surface area contributed by atoms with E-state index in [4.69, 9.17) is 0 Å². The van der Waals surface area contributed by atoms with Crippen molar-refractivity contribution >= 4 is 16.7 Å². The largest absolute Gasteiger partial charge is 0.506 e. The first-order valence-corrected chi connectivity index (χ1v) is 6.00. The maximum Gasteiger partial charge on any atom is 0.255 e.